The Balaban J connectivity index is 1.42. The molecule has 0 bridgehead atoms. The van der Waals surface area contributed by atoms with Crippen LogP contribution in [-0.4, -0.2) is 40.8 Å². The van der Waals surface area contributed by atoms with Crippen molar-refractivity contribution in [2.45, 2.75) is 39.7 Å². The zero-order valence-corrected chi connectivity index (χ0v) is 20.6. The third-order valence-corrected chi connectivity index (χ3v) is 7.17. The van der Waals surface area contributed by atoms with Crippen LogP contribution in [0.15, 0.2) is 59.5 Å². The Hall–Kier alpha value is -3.58. The standard InChI is InChI=1S/C29H30FN3O3/c1-29(2)15-23-24(25(34)16-29)18-33(22-9-7-21(30)8-10-22)28(36)26(23)27(35)31-12-14-32-13-11-19-5-3-4-6-20(19)17-32/h3-10,18H,11-17H2,1-2H3,(H,31,35). The van der Waals surface area contributed by atoms with Gasteiger partial charge in [-0.25, -0.2) is 4.39 Å². The number of nitrogens with zero attached hydrogens (tertiary/aromatic N) is 2. The minimum Gasteiger partial charge on any atom is -0.351 e. The van der Waals surface area contributed by atoms with Crippen molar-refractivity contribution in [3.8, 4) is 5.69 Å². The smallest absolute Gasteiger partial charge is 0.268 e. The maximum Gasteiger partial charge on any atom is 0.268 e. The van der Waals surface area contributed by atoms with Crippen LogP contribution in [0.5, 0.6) is 0 Å². The monoisotopic (exact) mass is 487 g/mol. The van der Waals surface area contributed by atoms with Crippen molar-refractivity contribution in [1.29, 1.82) is 0 Å². The molecule has 0 radical (unpaired) electrons. The maximum atomic E-state index is 13.6. The van der Waals surface area contributed by atoms with Gasteiger partial charge in [-0.2, -0.15) is 0 Å². The molecule has 1 aromatic heterocycles. The number of carbonyl (C=O) groups excluding carboxylic acids is 2. The molecule has 1 amide bonds. The Morgan fingerprint density at radius 1 is 1.03 bits per heavy atom. The Bertz CT molecular complexity index is 1390. The first-order chi connectivity index (χ1) is 17.2. The second kappa shape index (κ2) is 9.47. The summed E-state index contributed by atoms with van der Waals surface area (Å²) in [4.78, 5) is 42.3. The summed E-state index contributed by atoms with van der Waals surface area (Å²) >= 11 is 0. The molecule has 2 heterocycles. The van der Waals surface area contributed by atoms with Gasteiger partial charge >= 0.3 is 0 Å². The van der Waals surface area contributed by atoms with Crippen LogP contribution < -0.4 is 10.9 Å². The van der Waals surface area contributed by atoms with Crippen LogP contribution in [0.25, 0.3) is 5.69 Å². The molecule has 6 nitrogen and oxygen atoms in total. The van der Waals surface area contributed by atoms with Crippen molar-refractivity contribution >= 4 is 11.7 Å². The summed E-state index contributed by atoms with van der Waals surface area (Å²) in [5, 5.41) is 2.93. The minimum absolute atomic E-state index is 0.00180. The quantitative estimate of drug-likeness (QED) is 0.592. The van der Waals surface area contributed by atoms with Crippen molar-refractivity contribution in [2.24, 2.45) is 5.41 Å². The van der Waals surface area contributed by atoms with Gasteiger partial charge in [-0.15, -0.1) is 0 Å². The number of nitrogens with one attached hydrogen (secondary N) is 1. The minimum atomic E-state index is -0.504. The number of amides is 1. The number of carbonyl (C=O) groups is 2. The number of Topliss-reactive ketones (excluding diaryl/α,β-unsaturated/α-hetero) is 1. The summed E-state index contributed by atoms with van der Waals surface area (Å²) in [5.74, 6) is -1.00. The van der Waals surface area contributed by atoms with Gasteiger partial charge in [0.2, 0.25) is 0 Å². The summed E-state index contributed by atoms with van der Waals surface area (Å²) in [7, 11) is 0. The van der Waals surface area contributed by atoms with Crippen LogP contribution in [0.3, 0.4) is 0 Å². The average molecular weight is 488 g/mol. The van der Waals surface area contributed by atoms with E-state index in [4.69, 9.17) is 0 Å². The van der Waals surface area contributed by atoms with Crippen LogP contribution >= 0.6 is 0 Å². The summed E-state index contributed by atoms with van der Waals surface area (Å²) in [6.07, 6.45) is 3.26. The van der Waals surface area contributed by atoms with Gasteiger partial charge in [0.05, 0.1) is 0 Å². The summed E-state index contributed by atoms with van der Waals surface area (Å²) in [6.45, 7) is 6.72. The fourth-order valence-electron chi connectivity index (χ4n) is 5.33. The molecule has 0 saturated heterocycles. The molecule has 186 valence electrons. The molecule has 1 aliphatic carbocycles. The molecule has 0 unspecified atom stereocenters. The van der Waals surface area contributed by atoms with Crippen molar-refractivity contribution in [3.63, 3.8) is 0 Å². The first kappa shape index (κ1) is 24.1. The first-order valence-electron chi connectivity index (χ1n) is 12.4. The molecular formula is C29H30FN3O3. The molecule has 1 aliphatic heterocycles. The van der Waals surface area contributed by atoms with Crippen molar-refractivity contribution in [2.75, 3.05) is 19.6 Å². The van der Waals surface area contributed by atoms with Crippen LogP contribution in [0, 0.1) is 11.2 Å². The van der Waals surface area contributed by atoms with Gasteiger partial charge in [0.1, 0.15) is 11.4 Å². The Kier molecular flexibility index (Phi) is 6.35. The van der Waals surface area contributed by atoms with Crippen molar-refractivity contribution < 1.29 is 14.0 Å². The molecule has 2 aliphatic rings. The number of pyridine rings is 1. The molecule has 36 heavy (non-hydrogen) atoms. The number of benzene rings is 2. The lowest BCUT2D eigenvalue weighted by molar-refractivity contribution is 0.0908. The molecule has 7 heteroatoms. The molecule has 3 aromatic rings. The Morgan fingerprint density at radius 3 is 2.50 bits per heavy atom. The van der Waals surface area contributed by atoms with E-state index in [9.17, 15) is 18.8 Å². The van der Waals surface area contributed by atoms with Gasteiger partial charge in [0.15, 0.2) is 5.78 Å². The molecule has 0 spiro atoms. The topological polar surface area (TPSA) is 71.4 Å². The molecule has 1 N–H and O–H groups in total. The number of rotatable bonds is 5. The fraction of sp³-hybridized carbons (Fsp3) is 0.345. The van der Waals surface area contributed by atoms with E-state index >= 15 is 0 Å². The predicted octanol–water partition coefficient (Wildman–Crippen LogP) is 3.92. The maximum absolute atomic E-state index is 13.6. The molecule has 5 rings (SSSR count). The van der Waals surface area contributed by atoms with E-state index in [1.165, 1.54) is 46.2 Å². The highest BCUT2D eigenvalue weighted by atomic mass is 19.1. The van der Waals surface area contributed by atoms with Crippen molar-refractivity contribution in [1.82, 2.24) is 14.8 Å². The van der Waals surface area contributed by atoms with Gasteiger partial charge in [0, 0.05) is 50.0 Å². The predicted molar refractivity (Wildman–Crippen MR) is 136 cm³/mol. The molecular weight excluding hydrogens is 457 g/mol. The van der Waals surface area contributed by atoms with Crippen molar-refractivity contribution in [3.05, 3.63) is 98.7 Å². The van der Waals surface area contributed by atoms with E-state index in [1.807, 2.05) is 19.9 Å². The SMILES string of the molecule is CC1(C)CC(=O)c2cn(-c3ccc(F)cc3)c(=O)c(C(=O)NCCN3CCc4ccccc4C3)c2C1. The van der Waals surface area contributed by atoms with Crippen LogP contribution in [0.2, 0.25) is 0 Å². The Morgan fingerprint density at radius 2 is 1.75 bits per heavy atom. The van der Waals surface area contributed by atoms with E-state index in [0.717, 1.165) is 19.5 Å². The first-order valence-corrected chi connectivity index (χ1v) is 12.4. The van der Waals surface area contributed by atoms with Gasteiger partial charge < -0.3 is 5.32 Å². The molecule has 2 aromatic carbocycles. The zero-order valence-electron chi connectivity index (χ0n) is 20.6. The number of hydrogen-bond donors (Lipinski definition) is 1. The number of hydrogen-bond acceptors (Lipinski definition) is 4. The largest absolute Gasteiger partial charge is 0.351 e. The van der Waals surface area contributed by atoms with Gasteiger partial charge in [-0.05, 0) is 59.2 Å². The average Bonchev–Trinajstić information content (AvgIpc) is 2.83. The highest BCUT2D eigenvalue weighted by Gasteiger charge is 2.36. The number of fused-ring (bicyclic) bond motifs is 2. The Labute approximate surface area is 209 Å². The lowest BCUT2D eigenvalue weighted by Crippen LogP contribution is -2.41. The number of halogens is 1. The highest BCUT2D eigenvalue weighted by molar-refractivity contribution is 6.04. The molecule has 0 atom stereocenters. The summed E-state index contributed by atoms with van der Waals surface area (Å²) < 4.78 is 14.8. The third-order valence-electron chi connectivity index (χ3n) is 7.17. The van der Waals surface area contributed by atoms with Crippen LogP contribution in [-0.2, 0) is 19.4 Å². The van der Waals surface area contributed by atoms with E-state index in [-0.39, 0.29) is 16.8 Å². The molecule has 0 fully saturated rings. The van der Waals surface area contributed by atoms with Gasteiger partial charge in [0.25, 0.3) is 11.5 Å². The second-order valence-electron chi connectivity index (χ2n) is 10.5. The second-order valence-corrected chi connectivity index (χ2v) is 10.5. The van der Waals surface area contributed by atoms with E-state index in [1.54, 1.807) is 0 Å². The van der Waals surface area contributed by atoms with E-state index in [2.05, 4.69) is 28.4 Å². The third kappa shape index (κ3) is 4.75. The molecule has 0 saturated carbocycles. The zero-order chi connectivity index (χ0) is 25.4. The number of ketones is 1. The van der Waals surface area contributed by atoms with Crippen LogP contribution in [0.1, 0.15) is 57.7 Å². The number of aromatic nitrogens is 1. The van der Waals surface area contributed by atoms with Gasteiger partial charge in [-0.3, -0.25) is 23.9 Å². The summed E-state index contributed by atoms with van der Waals surface area (Å²) in [6, 6.07) is 13.8. The van der Waals surface area contributed by atoms with E-state index < -0.39 is 17.3 Å². The lowest BCUT2D eigenvalue weighted by atomic mass is 9.73. The lowest BCUT2D eigenvalue weighted by Gasteiger charge is -2.32. The van der Waals surface area contributed by atoms with E-state index in [0.29, 0.717) is 42.7 Å². The highest BCUT2D eigenvalue weighted by Crippen LogP contribution is 2.35. The van der Waals surface area contributed by atoms with Gasteiger partial charge in [-0.1, -0.05) is 38.1 Å². The summed E-state index contributed by atoms with van der Waals surface area (Å²) in [5.41, 5.74) is 3.10. The van der Waals surface area contributed by atoms with Crippen LogP contribution in [0.4, 0.5) is 4.39 Å². The fourth-order valence-corrected chi connectivity index (χ4v) is 5.33. The normalized spacial score (nSPS) is 16.8.